The van der Waals surface area contributed by atoms with Gasteiger partial charge in [0.05, 0.1) is 11.9 Å². The summed E-state index contributed by atoms with van der Waals surface area (Å²) in [6, 6.07) is 3.71. The molecular weight excluding hydrogens is 152 g/mol. The van der Waals surface area contributed by atoms with Crippen molar-refractivity contribution in [1.82, 2.24) is 4.98 Å². The van der Waals surface area contributed by atoms with Crippen LogP contribution in [0.25, 0.3) is 0 Å². The molecule has 64 valence electrons. The van der Waals surface area contributed by atoms with Crippen LogP contribution in [0.1, 0.15) is 6.92 Å². The predicted molar refractivity (Wildman–Crippen MR) is 50.0 cm³/mol. The Labute approximate surface area is 71.5 Å². The summed E-state index contributed by atoms with van der Waals surface area (Å²) in [6.45, 7) is 2.61. The quantitative estimate of drug-likeness (QED) is 0.502. The van der Waals surface area contributed by atoms with E-state index in [0.29, 0.717) is 12.5 Å². The third-order valence-corrected chi connectivity index (χ3v) is 1.26. The van der Waals surface area contributed by atoms with Crippen LogP contribution in [0.15, 0.2) is 29.5 Å². The molecule has 3 N–H and O–H groups in total. The van der Waals surface area contributed by atoms with Gasteiger partial charge in [0, 0.05) is 12.7 Å². The monoisotopic (exact) mass is 164 g/mol. The third-order valence-electron chi connectivity index (χ3n) is 1.26. The van der Waals surface area contributed by atoms with Crippen molar-refractivity contribution in [2.75, 3.05) is 11.9 Å². The van der Waals surface area contributed by atoms with E-state index >= 15 is 0 Å². The topological polar surface area (TPSA) is 63.3 Å². The van der Waals surface area contributed by atoms with Gasteiger partial charge in [-0.2, -0.15) is 0 Å². The number of aromatic nitrogens is 1. The van der Waals surface area contributed by atoms with Crippen molar-refractivity contribution in [3.63, 3.8) is 0 Å². The van der Waals surface area contributed by atoms with Gasteiger partial charge in [0.1, 0.15) is 0 Å². The second kappa shape index (κ2) is 4.33. The minimum absolute atomic E-state index is 0.422. The number of hydrogen-bond acceptors (Lipinski definition) is 2. The maximum absolute atomic E-state index is 5.53. The summed E-state index contributed by atoms with van der Waals surface area (Å²) in [5.74, 6) is 0.422. The molecule has 4 nitrogen and oxygen atoms in total. The molecule has 0 aliphatic heterocycles. The van der Waals surface area contributed by atoms with Gasteiger partial charge in [-0.15, -0.1) is 0 Å². The van der Waals surface area contributed by atoms with Crippen molar-refractivity contribution < 1.29 is 0 Å². The highest BCUT2D eigenvalue weighted by molar-refractivity contribution is 5.91. The SMILES string of the molecule is CCN=C(N)Nc1cccnc1. The zero-order chi connectivity index (χ0) is 8.81. The molecule has 0 atom stereocenters. The fraction of sp³-hybridized carbons (Fsp3) is 0.250. The molecule has 12 heavy (non-hydrogen) atoms. The van der Waals surface area contributed by atoms with Crippen molar-refractivity contribution in [3.05, 3.63) is 24.5 Å². The fourth-order valence-electron chi connectivity index (χ4n) is 0.794. The molecule has 1 aromatic rings. The van der Waals surface area contributed by atoms with E-state index in [1.165, 1.54) is 0 Å². The first-order valence-electron chi connectivity index (χ1n) is 3.80. The van der Waals surface area contributed by atoms with E-state index in [0.717, 1.165) is 5.69 Å². The normalized spacial score (nSPS) is 11.2. The van der Waals surface area contributed by atoms with Crippen molar-refractivity contribution in [2.24, 2.45) is 10.7 Å². The molecular formula is C8H12N4. The summed E-state index contributed by atoms with van der Waals surface area (Å²) in [6.07, 6.45) is 3.40. The number of nitrogens with zero attached hydrogens (tertiary/aromatic N) is 2. The van der Waals surface area contributed by atoms with E-state index < -0.39 is 0 Å². The summed E-state index contributed by atoms with van der Waals surface area (Å²) < 4.78 is 0. The Morgan fingerprint density at radius 3 is 3.17 bits per heavy atom. The standard InChI is InChI=1S/C8H12N4/c1-2-11-8(9)12-7-4-3-5-10-6-7/h3-6H,2H2,1H3,(H3,9,11,12). The maximum Gasteiger partial charge on any atom is 0.193 e. The Morgan fingerprint density at radius 1 is 1.75 bits per heavy atom. The van der Waals surface area contributed by atoms with E-state index in [2.05, 4.69) is 15.3 Å². The lowest BCUT2D eigenvalue weighted by Gasteiger charge is -2.02. The number of rotatable bonds is 2. The van der Waals surface area contributed by atoms with Crippen LogP contribution < -0.4 is 11.1 Å². The highest BCUT2D eigenvalue weighted by atomic mass is 15.1. The minimum Gasteiger partial charge on any atom is -0.370 e. The van der Waals surface area contributed by atoms with Gasteiger partial charge in [-0.25, -0.2) is 0 Å². The first kappa shape index (κ1) is 8.52. The van der Waals surface area contributed by atoms with Gasteiger partial charge >= 0.3 is 0 Å². The van der Waals surface area contributed by atoms with Crippen LogP contribution in [0.2, 0.25) is 0 Å². The van der Waals surface area contributed by atoms with Crippen molar-refractivity contribution in [1.29, 1.82) is 0 Å². The van der Waals surface area contributed by atoms with Crippen LogP contribution in [-0.4, -0.2) is 17.5 Å². The lowest BCUT2D eigenvalue weighted by Crippen LogP contribution is -2.22. The lowest BCUT2D eigenvalue weighted by atomic mass is 10.4. The van der Waals surface area contributed by atoms with Gasteiger partial charge in [0.25, 0.3) is 0 Å². The van der Waals surface area contributed by atoms with Crippen LogP contribution in [0, 0.1) is 0 Å². The first-order valence-corrected chi connectivity index (χ1v) is 3.80. The number of pyridine rings is 1. The molecule has 0 unspecified atom stereocenters. The molecule has 0 radical (unpaired) electrons. The van der Waals surface area contributed by atoms with Gasteiger partial charge in [-0.3, -0.25) is 9.98 Å². The molecule has 0 aliphatic rings. The molecule has 0 bridgehead atoms. The van der Waals surface area contributed by atoms with Gasteiger partial charge in [-0.1, -0.05) is 0 Å². The highest BCUT2D eigenvalue weighted by Crippen LogP contribution is 2.00. The summed E-state index contributed by atoms with van der Waals surface area (Å²) in [4.78, 5) is 7.90. The van der Waals surface area contributed by atoms with E-state index in [1.807, 2.05) is 19.1 Å². The highest BCUT2D eigenvalue weighted by Gasteiger charge is 1.91. The zero-order valence-electron chi connectivity index (χ0n) is 6.99. The Kier molecular flexibility index (Phi) is 3.07. The molecule has 1 aromatic heterocycles. The molecule has 0 spiro atoms. The number of anilines is 1. The Bertz CT molecular complexity index is 255. The molecule has 0 saturated heterocycles. The molecule has 1 heterocycles. The average molecular weight is 164 g/mol. The van der Waals surface area contributed by atoms with Crippen LogP contribution in [-0.2, 0) is 0 Å². The van der Waals surface area contributed by atoms with E-state index in [-0.39, 0.29) is 0 Å². The number of hydrogen-bond donors (Lipinski definition) is 2. The number of aliphatic imine (C=N–C) groups is 1. The number of nitrogens with one attached hydrogen (secondary N) is 1. The second-order valence-corrected chi connectivity index (χ2v) is 2.23. The van der Waals surface area contributed by atoms with Gasteiger partial charge < -0.3 is 11.1 Å². The largest absolute Gasteiger partial charge is 0.370 e. The minimum atomic E-state index is 0.422. The van der Waals surface area contributed by atoms with Crippen LogP contribution in [0.4, 0.5) is 5.69 Å². The van der Waals surface area contributed by atoms with Crippen LogP contribution in [0.3, 0.4) is 0 Å². The summed E-state index contributed by atoms with van der Waals surface area (Å²) in [5.41, 5.74) is 6.38. The van der Waals surface area contributed by atoms with Crippen molar-refractivity contribution >= 4 is 11.6 Å². The molecule has 4 heteroatoms. The van der Waals surface area contributed by atoms with Crippen LogP contribution in [0.5, 0.6) is 0 Å². The Morgan fingerprint density at radius 2 is 2.58 bits per heavy atom. The van der Waals surface area contributed by atoms with Crippen LogP contribution >= 0.6 is 0 Å². The van der Waals surface area contributed by atoms with Crippen molar-refractivity contribution in [2.45, 2.75) is 6.92 Å². The molecule has 0 fully saturated rings. The smallest absolute Gasteiger partial charge is 0.193 e. The summed E-state index contributed by atoms with van der Waals surface area (Å²) in [7, 11) is 0. The third kappa shape index (κ3) is 2.57. The van der Waals surface area contributed by atoms with E-state index in [1.54, 1.807) is 12.4 Å². The van der Waals surface area contributed by atoms with Crippen molar-refractivity contribution in [3.8, 4) is 0 Å². The Hall–Kier alpha value is -1.58. The molecule has 0 aromatic carbocycles. The molecule has 0 amide bonds. The average Bonchev–Trinajstić information content (AvgIpc) is 2.06. The summed E-state index contributed by atoms with van der Waals surface area (Å²) in [5, 5.41) is 2.91. The molecule has 1 rings (SSSR count). The van der Waals surface area contributed by atoms with Gasteiger partial charge in [0.2, 0.25) is 0 Å². The maximum atomic E-state index is 5.53. The molecule has 0 saturated carbocycles. The van der Waals surface area contributed by atoms with E-state index in [4.69, 9.17) is 5.73 Å². The fourth-order valence-corrected chi connectivity index (χ4v) is 0.794. The zero-order valence-corrected chi connectivity index (χ0v) is 6.99. The lowest BCUT2D eigenvalue weighted by molar-refractivity contribution is 1.12. The predicted octanol–water partition coefficient (Wildman–Crippen LogP) is 0.828. The van der Waals surface area contributed by atoms with Gasteiger partial charge in [0.15, 0.2) is 5.96 Å². The number of nitrogens with two attached hydrogens (primary N) is 1. The van der Waals surface area contributed by atoms with Gasteiger partial charge in [-0.05, 0) is 19.1 Å². The first-order chi connectivity index (χ1) is 5.83. The summed E-state index contributed by atoms with van der Waals surface area (Å²) >= 11 is 0. The molecule has 0 aliphatic carbocycles. The Balaban J connectivity index is 2.58. The van der Waals surface area contributed by atoms with E-state index in [9.17, 15) is 0 Å². The second-order valence-electron chi connectivity index (χ2n) is 2.23. The number of guanidine groups is 1.